The van der Waals surface area contributed by atoms with Crippen molar-refractivity contribution in [1.29, 1.82) is 5.26 Å². The zero-order valence-corrected chi connectivity index (χ0v) is 16.2. The van der Waals surface area contributed by atoms with Gasteiger partial charge in [0.1, 0.15) is 5.82 Å². The van der Waals surface area contributed by atoms with Crippen molar-refractivity contribution in [2.24, 2.45) is 5.92 Å². The number of nitrogens with zero attached hydrogens (tertiary/aromatic N) is 4. The number of carbonyl (C=O) groups excluding carboxylic acids is 1. The number of benzene rings is 1. The average molecular weight is 413 g/mol. The van der Waals surface area contributed by atoms with Gasteiger partial charge in [0.2, 0.25) is 5.91 Å². The number of carbonyl (C=O) groups is 1. The summed E-state index contributed by atoms with van der Waals surface area (Å²) in [6.45, 7) is 3.37. The fourth-order valence-electron chi connectivity index (χ4n) is 4.02. The molecule has 0 N–H and O–H groups in total. The number of hydrogen-bond acceptors (Lipinski definition) is 4. The smallest absolute Gasteiger partial charge is 0.227 e. The molecule has 1 aromatic carbocycles. The van der Waals surface area contributed by atoms with Gasteiger partial charge < -0.3 is 9.80 Å². The Hall–Kier alpha value is -2.13. The molecule has 2 fully saturated rings. The predicted molar refractivity (Wildman–Crippen MR) is 105 cm³/mol. The normalized spacial score (nSPS) is 20.4. The minimum absolute atomic E-state index is 0.0369. The van der Waals surface area contributed by atoms with Gasteiger partial charge in [0.15, 0.2) is 0 Å². The summed E-state index contributed by atoms with van der Waals surface area (Å²) in [6.07, 6.45) is 4.16. The number of fused-ring (bicyclic) bond motifs is 1. The zero-order chi connectivity index (χ0) is 18.1. The molecule has 3 heterocycles. The van der Waals surface area contributed by atoms with Crippen molar-refractivity contribution in [1.82, 2.24) is 9.88 Å². The maximum Gasteiger partial charge on any atom is 0.227 e. The van der Waals surface area contributed by atoms with Gasteiger partial charge in [0, 0.05) is 36.0 Å². The van der Waals surface area contributed by atoms with Gasteiger partial charge in [-0.15, -0.1) is 0 Å². The van der Waals surface area contributed by atoms with E-state index in [1.807, 2.05) is 29.2 Å². The molecule has 6 heteroatoms. The van der Waals surface area contributed by atoms with Gasteiger partial charge in [0.25, 0.3) is 0 Å². The summed E-state index contributed by atoms with van der Waals surface area (Å²) in [7, 11) is 0. The van der Waals surface area contributed by atoms with Gasteiger partial charge in [-0.2, -0.15) is 5.26 Å². The number of anilines is 1. The number of hydrogen-bond donors (Lipinski definition) is 0. The first-order chi connectivity index (χ1) is 12.7. The lowest BCUT2D eigenvalue weighted by molar-refractivity contribution is -0.134. The minimum Gasteiger partial charge on any atom is -0.356 e. The molecule has 1 aromatic heterocycles. The molecule has 4 rings (SSSR count). The van der Waals surface area contributed by atoms with E-state index in [0.717, 1.165) is 66.5 Å². The number of piperidine rings is 1. The number of likely N-dealkylation sites (tertiary alicyclic amines) is 1. The highest BCUT2D eigenvalue weighted by atomic mass is 79.9. The second-order valence-corrected chi connectivity index (χ2v) is 8.03. The van der Waals surface area contributed by atoms with Crippen molar-refractivity contribution < 1.29 is 4.79 Å². The first kappa shape index (κ1) is 17.3. The van der Waals surface area contributed by atoms with Crippen LogP contribution >= 0.6 is 15.9 Å². The molecule has 0 spiro atoms. The van der Waals surface area contributed by atoms with Gasteiger partial charge in [-0.05, 0) is 49.9 Å². The summed E-state index contributed by atoms with van der Waals surface area (Å²) >= 11 is 3.46. The monoisotopic (exact) mass is 412 g/mol. The molecule has 0 radical (unpaired) electrons. The number of pyridine rings is 1. The molecule has 0 bridgehead atoms. The molecular formula is C20H21BrN4O. The van der Waals surface area contributed by atoms with Gasteiger partial charge in [-0.3, -0.25) is 4.79 Å². The molecule has 5 nitrogen and oxygen atoms in total. The van der Waals surface area contributed by atoms with E-state index in [1.165, 1.54) is 0 Å². The Morgan fingerprint density at radius 3 is 2.77 bits per heavy atom. The fraction of sp³-hybridized carbons (Fsp3) is 0.450. The Labute approximate surface area is 161 Å². The summed E-state index contributed by atoms with van der Waals surface area (Å²) in [4.78, 5) is 21.7. The lowest BCUT2D eigenvalue weighted by atomic mass is 9.96. The van der Waals surface area contributed by atoms with E-state index >= 15 is 0 Å². The highest BCUT2D eigenvalue weighted by Crippen LogP contribution is 2.29. The Morgan fingerprint density at radius 1 is 1.19 bits per heavy atom. The second kappa shape index (κ2) is 7.24. The van der Waals surface area contributed by atoms with Crippen LogP contribution in [0.4, 0.5) is 5.82 Å². The molecule has 1 amide bonds. The largest absolute Gasteiger partial charge is 0.356 e. The molecular weight excluding hydrogens is 392 g/mol. The molecule has 2 aliphatic heterocycles. The summed E-state index contributed by atoms with van der Waals surface area (Å²) in [5.41, 5.74) is 1.44. The Bertz CT molecular complexity index is 885. The van der Waals surface area contributed by atoms with E-state index in [4.69, 9.17) is 4.98 Å². The number of amides is 1. The lowest BCUT2D eigenvalue weighted by Crippen LogP contribution is -2.44. The first-order valence-corrected chi connectivity index (χ1v) is 9.99. The van der Waals surface area contributed by atoms with Crippen molar-refractivity contribution in [3.05, 3.63) is 34.3 Å². The summed E-state index contributed by atoms with van der Waals surface area (Å²) < 4.78 is 0.935. The van der Waals surface area contributed by atoms with Crippen molar-refractivity contribution in [2.75, 3.05) is 31.1 Å². The van der Waals surface area contributed by atoms with Crippen LogP contribution < -0.4 is 4.90 Å². The van der Waals surface area contributed by atoms with E-state index in [0.29, 0.717) is 12.1 Å². The lowest BCUT2D eigenvalue weighted by Gasteiger charge is -2.34. The van der Waals surface area contributed by atoms with E-state index in [-0.39, 0.29) is 11.8 Å². The van der Waals surface area contributed by atoms with Gasteiger partial charge in [-0.1, -0.05) is 15.9 Å². The van der Waals surface area contributed by atoms with Gasteiger partial charge in [0.05, 0.1) is 23.1 Å². The molecule has 0 saturated carbocycles. The van der Waals surface area contributed by atoms with Crippen molar-refractivity contribution in [3.63, 3.8) is 0 Å². The highest BCUT2D eigenvalue weighted by Gasteiger charge is 2.31. The number of nitriles is 1. The predicted octanol–water partition coefficient (Wildman–Crippen LogP) is 3.71. The van der Waals surface area contributed by atoms with E-state index in [9.17, 15) is 10.1 Å². The van der Waals surface area contributed by atoms with E-state index in [2.05, 4.69) is 26.9 Å². The van der Waals surface area contributed by atoms with Crippen LogP contribution in [0.25, 0.3) is 10.9 Å². The molecule has 1 unspecified atom stereocenters. The number of aromatic nitrogens is 1. The van der Waals surface area contributed by atoms with Crippen LogP contribution in [0, 0.1) is 17.2 Å². The second-order valence-electron chi connectivity index (χ2n) is 7.12. The van der Waals surface area contributed by atoms with Crippen LogP contribution in [-0.2, 0) is 4.79 Å². The van der Waals surface area contributed by atoms with Crippen molar-refractivity contribution in [2.45, 2.75) is 25.7 Å². The van der Waals surface area contributed by atoms with Crippen LogP contribution in [0.5, 0.6) is 0 Å². The molecule has 2 saturated heterocycles. The summed E-state index contributed by atoms with van der Waals surface area (Å²) in [5.74, 6) is 1.13. The third kappa shape index (κ3) is 3.28. The Kier molecular flexibility index (Phi) is 4.82. The van der Waals surface area contributed by atoms with Crippen LogP contribution in [0.3, 0.4) is 0 Å². The Balaban J connectivity index is 1.61. The molecule has 2 aliphatic rings. The molecule has 26 heavy (non-hydrogen) atoms. The average Bonchev–Trinajstić information content (AvgIpc) is 3.21. The SMILES string of the molecule is N#Cc1cc(N2CCCC(C(=O)N3CCCC3)C2)nc2ccc(Br)cc12. The number of halogens is 1. The van der Waals surface area contributed by atoms with Crippen LogP contribution in [0.15, 0.2) is 28.7 Å². The van der Waals surface area contributed by atoms with Crippen molar-refractivity contribution in [3.8, 4) is 6.07 Å². The molecule has 134 valence electrons. The third-order valence-electron chi connectivity index (χ3n) is 5.39. The van der Waals surface area contributed by atoms with Crippen molar-refractivity contribution >= 4 is 38.6 Å². The van der Waals surface area contributed by atoms with Gasteiger partial charge >= 0.3 is 0 Å². The Morgan fingerprint density at radius 2 is 2.00 bits per heavy atom. The quantitative estimate of drug-likeness (QED) is 0.753. The zero-order valence-electron chi connectivity index (χ0n) is 14.6. The molecule has 0 aliphatic carbocycles. The van der Waals surface area contributed by atoms with E-state index in [1.54, 1.807) is 0 Å². The first-order valence-electron chi connectivity index (χ1n) is 9.20. The number of rotatable bonds is 2. The summed E-state index contributed by atoms with van der Waals surface area (Å²) in [6, 6.07) is 9.95. The van der Waals surface area contributed by atoms with Crippen LogP contribution in [0.1, 0.15) is 31.2 Å². The minimum atomic E-state index is 0.0369. The maximum absolute atomic E-state index is 12.8. The van der Waals surface area contributed by atoms with Crippen LogP contribution in [-0.4, -0.2) is 42.0 Å². The molecule has 2 aromatic rings. The van der Waals surface area contributed by atoms with Gasteiger partial charge in [-0.25, -0.2) is 4.98 Å². The van der Waals surface area contributed by atoms with E-state index < -0.39 is 0 Å². The molecule has 1 atom stereocenters. The standard InChI is InChI=1S/C20H21BrN4O/c21-16-5-6-18-17(11-16)15(12-22)10-19(23-18)25-9-3-4-14(13-25)20(26)24-7-1-2-8-24/h5-6,10-11,14H,1-4,7-9,13H2. The topological polar surface area (TPSA) is 60.2 Å². The summed E-state index contributed by atoms with van der Waals surface area (Å²) in [5, 5.41) is 10.4. The highest BCUT2D eigenvalue weighted by molar-refractivity contribution is 9.10. The van der Waals surface area contributed by atoms with Crippen LogP contribution in [0.2, 0.25) is 0 Å². The third-order valence-corrected chi connectivity index (χ3v) is 5.88. The fourth-order valence-corrected chi connectivity index (χ4v) is 4.38. The maximum atomic E-state index is 12.8.